The second-order valence-electron chi connectivity index (χ2n) is 6.75. The molecule has 2 aromatic rings. The molecule has 0 radical (unpaired) electrons. The first-order valence-electron chi connectivity index (χ1n) is 8.93. The Morgan fingerprint density at radius 3 is 2.36 bits per heavy atom. The average Bonchev–Trinajstić information content (AvgIpc) is 2.71. The van der Waals surface area contributed by atoms with Gasteiger partial charge in [-0.25, -0.2) is 9.59 Å². The van der Waals surface area contributed by atoms with Crippen LogP contribution in [0.2, 0.25) is 0 Å². The van der Waals surface area contributed by atoms with Crippen LogP contribution in [0.1, 0.15) is 17.2 Å². The first-order valence-corrected chi connectivity index (χ1v) is 10.2. The van der Waals surface area contributed by atoms with Crippen molar-refractivity contribution in [2.24, 2.45) is 5.92 Å². The Labute approximate surface area is 166 Å². The summed E-state index contributed by atoms with van der Waals surface area (Å²) in [5, 5.41) is 8.04. The molecule has 2 heterocycles. The quantitative estimate of drug-likeness (QED) is 0.693. The molecule has 7 nitrogen and oxygen atoms in total. The van der Waals surface area contributed by atoms with Crippen LogP contribution in [0.3, 0.4) is 0 Å². The van der Waals surface area contributed by atoms with E-state index in [-0.39, 0.29) is 0 Å². The monoisotopic (exact) mass is 396 g/mol. The van der Waals surface area contributed by atoms with E-state index in [1.807, 2.05) is 60.9 Å². The lowest BCUT2D eigenvalue weighted by atomic mass is 9.86. The van der Waals surface area contributed by atoms with Crippen molar-refractivity contribution < 1.29 is 14.4 Å². The molecule has 28 heavy (non-hydrogen) atoms. The van der Waals surface area contributed by atoms with Crippen LogP contribution in [0.15, 0.2) is 59.5 Å². The summed E-state index contributed by atoms with van der Waals surface area (Å²) >= 11 is 1.62. The fourth-order valence-corrected chi connectivity index (χ4v) is 4.09. The number of thioether (sulfide) groups is 1. The molecule has 2 aliphatic heterocycles. The van der Waals surface area contributed by atoms with Gasteiger partial charge in [-0.15, -0.1) is 11.8 Å². The maximum Gasteiger partial charge on any atom is 0.326 e. The predicted octanol–water partition coefficient (Wildman–Crippen LogP) is 2.46. The highest BCUT2D eigenvalue weighted by Crippen LogP contribution is 2.33. The van der Waals surface area contributed by atoms with Gasteiger partial charge >= 0.3 is 12.1 Å². The molecular weight excluding hydrogens is 376 g/mol. The molecule has 3 N–H and O–H groups in total. The maximum atomic E-state index is 12.7. The minimum absolute atomic E-state index is 0.291. The van der Waals surface area contributed by atoms with Crippen molar-refractivity contribution in [3.05, 3.63) is 65.7 Å². The van der Waals surface area contributed by atoms with E-state index < -0.39 is 36.1 Å². The van der Waals surface area contributed by atoms with Gasteiger partial charge in [0.05, 0.1) is 6.04 Å². The normalized spacial score (nSPS) is 24.1. The van der Waals surface area contributed by atoms with E-state index in [2.05, 4.69) is 16.0 Å². The molecule has 2 aromatic carbocycles. The summed E-state index contributed by atoms with van der Waals surface area (Å²) in [7, 11) is 0. The summed E-state index contributed by atoms with van der Waals surface area (Å²) in [5.74, 6) is -1.04. The third kappa shape index (κ3) is 3.43. The summed E-state index contributed by atoms with van der Waals surface area (Å²) < 4.78 is 0. The Hall–Kier alpha value is -3.00. The topological polar surface area (TPSA) is 90.5 Å². The molecule has 2 saturated heterocycles. The van der Waals surface area contributed by atoms with Crippen LogP contribution in [0.4, 0.5) is 9.59 Å². The van der Waals surface area contributed by atoms with Gasteiger partial charge in [-0.1, -0.05) is 42.5 Å². The third-order valence-electron chi connectivity index (χ3n) is 5.07. The number of carbonyl (C=O) groups excluding carboxylic acids is 3. The van der Waals surface area contributed by atoms with Crippen molar-refractivity contribution >= 4 is 29.7 Å². The molecule has 144 valence electrons. The lowest BCUT2D eigenvalue weighted by molar-refractivity contribution is -0.130. The molecule has 0 aliphatic carbocycles. The number of benzene rings is 2. The SMILES string of the molecule is CSc1ccc(C2NC(=O)NC3C2C(=O)NC(=O)N3Cc2ccccc2)cc1. The number of amides is 5. The number of rotatable bonds is 4. The Morgan fingerprint density at radius 2 is 1.68 bits per heavy atom. The molecule has 0 bridgehead atoms. The van der Waals surface area contributed by atoms with Crippen molar-refractivity contribution in [3.8, 4) is 0 Å². The van der Waals surface area contributed by atoms with Gasteiger partial charge in [-0.2, -0.15) is 0 Å². The number of nitrogens with one attached hydrogen (secondary N) is 3. The van der Waals surface area contributed by atoms with Crippen LogP contribution in [-0.2, 0) is 11.3 Å². The zero-order chi connectivity index (χ0) is 19.7. The van der Waals surface area contributed by atoms with E-state index in [1.54, 1.807) is 11.8 Å². The average molecular weight is 396 g/mol. The second kappa shape index (κ2) is 7.55. The van der Waals surface area contributed by atoms with Crippen molar-refractivity contribution in [2.45, 2.75) is 23.6 Å². The Morgan fingerprint density at radius 1 is 0.964 bits per heavy atom. The summed E-state index contributed by atoms with van der Waals surface area (Å²) in [4.78, 5) is 40.1. The summed E-state index contributed by atoms with van der Waals surface area (Å²) in [6, 6.07) is 15.8. The van der Waals surface area contributed by atoms with Gasteiger partial charge in [0.1, 0.15) is 12.1 Å². The largest absolute Gasteiger partial charge is 0.330 e. The molecular formula is C20H20N4O3S. The van der Waals surface area contributed by atoms with Gasteiger partial charge in [0.2, 0.25) is 5.91 Å². The van der Waals surface area contributed by atoms with E-state index in [9.17, 15) is 14.4 Å². The Balaban J connectivity index is 1.67. The minimum atomic E-state index is -0.722. The number of nitrogens with zero attached hydrogens (tertiary/aromatic N) is 1. The minimum Gasteiger partial charge on any atom is -0.330 e. The zero-order valence-electron chi connectivity index (χ0n) is 15.2. The van der Waals surface area contributed by atoms with Crippen LogP contribution < -0.4 is 16.0 Å². The first kappa shape index (κ1) is 18.4. The van der Waals surface area contributed by atoms with Crippen molar-refractivity contribution in [1.82, 2.24) is 20.9 Å². The van der Waals surface area contributed by atoms with Gasteiger partial charge in [-0.3, -0.25) is 15.0 Å². The molecule has 4 rings (SSSR count). The third-order valence-corrected chi connectivity index (χ3v) is 5.81. The Kier molecular flexibility index (Phi) is 4.95. The summed E-state index contributed by atoms with van der Waals surface area (Å²) in [6.07, 6.45) is 1.26. The molecule has 0 aromatic heterocycles. The highest BCUT2D eigenvalue weighted by molar-refractivity contribution is 7.98. The van der Waals surface area contributed by atoms with Crippen molar-refractivity contribution in [3.63, 3.8) is 0 Å². The molecule has 8 heteroatoms. The van der Waals surface area contributed by atoms with Crippen LogP contribution in [0.25, 0.3) is 0 Å². The van der Waals surface area contributed by atoms with E-state index in [0.717, 1.165) is 16.0 Å². The fraction of sp³-hybridized carbons (Fsp3) is 0.250. The van der Waals surface area contributed by atoms with E-state index in [0.29, 0.717) is 6.54 Å². The highest BCUT2D eigenvalue weighted by Gasteiger charge is 2.49. The maximum absolute atomic E-state index is 12.7. The number of urea groups is 2. The van der Waals surface area contributed by atoms with E-state index >= 15 is 0 Å². The van der Waals surface area contributed by atoms with Gasteiger partial charge in [0.25, 0.3) is 0 Å². The molecule has 0 saturated carbocycles. The van der Waals surface area contributed by atoms with Gasteiger partial charge in [0, 0.05) is 11.4 Å². The highest BCUT2D eigenvalue weighted by atomic mass is 32.2. The molecule has 2 aliphatic rings. The number of hydrogen-bond acceptors (Lipinski definition) is 4. The molecule has 2 fully saturated rings. The second-order valence-corrected chi connectivity index (χ2v) is 7.63. The van der Waals surface area contributed by atoms with Crippen LogP contribution in [0.5, 0.6) is 0 Å². The molecule has 3 atom stereocenters. The van der Waals surface area contributed by atoms with Gasteiger partial charge in [0.15, 0.2) is 0 Å². The number of hydrogen-bond donors (Lipinski definition) is 3. The summed E-state index contributed by atoms with van der Waals surface area (Å²) in [5.41, 5.74) is 1.74. The molecule has 0 spiro atoms. The zero-order valence-corrected chi connectivity index (χ0v) is 16.0. The van der Waals surface area contributed by atoms with Gasteiger partial charge in [-0.05, 0) is 29.5 Å². The summed E-state index contributed by atoms with van der Waals surface area (Å²) in [6.45, 7) is 0.291. The predicted molar refractivity (Wildman–Crippen MR) is 105 cm³/mol. The molecule has 5 amide bonds. The first-order chi connectivity index (χ1) is 13.6. The van der Waals surface area contributed by atoms with E-state index in [4.69, 9.17) is 0 Å². The van der Waals surface area contributed by atoms with Crippen LogP contribution >= 0.6 is 11.8 Å². The number of imide groups is 1. The standard InChI is InChI=1S/C20H20N4O3S/c1-28-14-9-7-13(8-10-14)16-15-17(22-19(26)21-16)24(20(27)23-18(15)25)11-12-5-3-2-4-6-12/h2-10,15-17H,11H2,1H3,(H2,21,22,26)(H,23,25,27). The lowest BCUT2D eigenvalue weighted by Crippen LogP contribution is -2.71. The smallest absolute Gasteiger partial charge is 0.326 e. The number of fused-ring (bicyclic) bond motifs is 1. The van der Waals surface area contributed by atoms with Crippen LogP contribution in [-0.4, -0.2) is 35.3 Å². The molecule has 3 unspecified atom stereocenters. The number of carbonyl (C=O) groups is 3. The van der Waals surface area contributed by atoms with Gasteiger partial charge < -0.3 is 10.6 Å². The lowest BCUT2D eigenvalue weighted by Gasteiger charge is -2.46. The fourth-order valence-electron chi connectivity index (χ4n) is 3.68. The Bertz CT molecular complexity index is 903. The van der Waals surface area contributed by atoms with E-state index in [1.165, 1.54) is 4.90 Å². The van der Waals surface area contributed by atoms with Crippen LogP contribution in [0, 0.1) is 5.92 Å². The van der Waals surface area contributed by atoms with Crippen molar-refractivity contribution in [2.75, 3.05) is 6.26 Å². The van der Waals surface area contributed by atoms with Crippen molar-refractivity contribution in [1.29, 1.82) is 0 Å².